The number of aromatic nitrogens is 2. The van der Waals surface area contributed by atoms with Crippen molar-refractivity contribution in [2.45, 2.75) is 0 Å². The van der Waals surface area contributed by atoms with E-state index in [4.69, 9.17) is 10.5 Å². The first-order valence-corrected chi connectivity index (χ1v) is 10.9. The van der Waals surface area contributed by atoms with E-state index in [0.29, 0.717) is 22.7 Å². The summed E-state index contributed by atoms with van der Waals surface area (Å²) in [4.78, 5) is 24.2. The predicted molar refractivity (Wildman–Crippen MR) is 142 cm³/mol. The van der Waals surface area contributed by atoms with E-state index in [1.165, 1.54) is 12.1 Å². The molecular formula is C24H20BrClN6O3. The maximum Gasteiger partial charge on any atom is 0.270 e. The third-order valence-corrected chi connectivity index (χ3v) is 5.32. The van der Waals surface area contributed by atoms with Crippen molar-refractivity contribution >= 4 is 51.6 Å². The second-order valence-electron chi connectivity index (χ2n) is 7.10. The number of anilines is 1. The minimum Gasteiger partial charge on any atom is -0.497 e. The average Bonchev–Trinajstić information content (AvgIpc) is 2.85. The highest BCUT2D eigenvalue weighted by molar-refractivity contribution is 9.10. The smallest absolute Gasteiger partial charge is 0.270 e. The molecule has 3 aromatic carbocycles. The fourth-order valence-corrected chi connectivity index (χ4v) is 3.40. The van der Waals surface area contributed by atoms with E-state index in [1.807, 2.05) is 48.5 Å². The number of halogens is 2. The van der Waals surface area contributed by atoms with Gasteiger partial charge in [0.05, 0.1) is 23.4 Å². The van der Waals surface area contributed by atoms with Crippen LogP contribution in [0, 0.1) is 10.1 Å². The van der Waals surface area contributed by atoms with Crippen molar-refractivity contribution in [3.8, 4) is 28.3 Å². The monoisotopic (exact) mass is 554 g/mol. The van der Waals surface area contributed by atoms with Crippen LogP contribution in [0.4, 0.5) is 17.3 Å². The number of nitrogens with two attached hydrogens (primary N) is 1. The van der Waals surface area contributed by atoms with E-state index < -0.39 is 4.92 Å². The number of nitrogens with one attached hydrogen (secondary N) is 1. The molecule has 0 saturated carbocycles. The summed E-state index contributed by atoms with van der Waals surface area (Å²) in [5, 5.41) is 14.2. The van der Waals surface area contributed by atoms with E-state index in [1.54, 1.807) is 25.3 Å². The molecule has 0 atom stereocenters. The first-order valence-electron chi connectivity index (χ1n) is 10.1. The molecule has 4 rings (SSSR count). The topological polar surface area (TPSA) is 129 Å². The summed E-state index contributed by atoms with van der Waals surface area (Å²) in [5.74, 6) is 0.911. The summed E-state index contributed by atoms with van der Waals surface area (Å²) in [7, 11) is 1.59. The minimum absolute atomic E-state index is 0. The largest absolute Gasteiger partial charge is 0.497 e. The Bertz CT molecular complexity index is 1360. The van der Waals surface area contributed by atoms with E-state index >= 15 is 0 Å². The van der Waals surface area contributed by atoms with Gasteiger partial charge in [0.2, 0.25) is 5.96 Å². The number of ether oxygens (including phenoxy) is 1. The van der Waals surface area contributed by atoms with Gasteiger partial charge in [0, 0.05) is 33.4 Å². The molecule has 0 aliphatic carbocycles. The highest BCUT2D eigenvalue weighted by atomic mass is 79.9. The van der Waals surface area contributed by atoms with Crippen LogP contribution in [0.3, 0.4) is 0 Å². The van der Waals surface area contributed by atoms with Crippen molar-refractivity contribution in [1.29, 1.82) is 0 Å². The van der Waals surface area contributed by atoms with E-state index in [0.717, 1.165) is 15.7 Å². The summed E-state index contributed by atoms with van der Waals surface area (Å²) >= 11 is 3.39. The molecule has 0 spiro atoms. The molecule has 0 aliphatic heterocycles. The molecule has 1 aromatic heterocycles. The summed E-state index contributed by atoms with van der Waals surface area (Å²) in [6.07, 6.45) is 0. The Morgan fingerprint density at radius 3 is 2.29 bits per heavy atom. The second kappa shape index (κ2) is 11.4. The van der Waals surface area contributed by atoms with Crippen LogP contribution in [0.25, 0.3) is 22.5 Å². The molecule has 0 aliphatic rings. The van der Waals surface area contributed by atoms with Gasteiger partial charge in [0.1, 0.15) is 5.75 Å². The predicted octanol–water partition coefficient (Wildman–Crippen LogP) is 5.97. The molecular weight excluding hydrogens is 536 g/mol. The van der Waals surface area contributed by atoms with Gasteiger partial charge >= 0.3 is 0 Å². The molecule has 1 heterocycles. The molecule has 0 fully saturated rings. The first kappa shape index (κ1) is 25.6. The maximum absolute atomic E-state index is 11.3. The van der Waals surface area contributed by atoms with Crippen LogP contribution in [-0.2, 0) is 0 Å². The fourth-order valence-electron chi connectivity index (χ4n) is 3.14. The Morgan fingerprint density at radius 2 is 1.66 bits per heavy atom. The number of non-ortho nitro benzene ring substituents is 1. The normalized spacial score (nSPS) is 10.9. The second-order valence-corrected chi connectivity index (χ2v) is 8.02. The Labute approximate surface area is 215 Å². The van der Waals surface area contributed by atoms with Crippen LogP contribution >= 0.6 is 28.3 Å². The van der Waals surface area contributed by atoms with Gasteiger partial charge in [-0.15, -0.1) is 12.4 Å². The van der Waals surface area contributed by atoms with Crippen LogP contribution in [0.5, 0.6) is 5.75 Å². The van der Waals surface area contributed by atoms with Crippen molar-refractivity contribution < 1.29 is 9.66 Å². The number of rotatable bonds is 6. The van der Waals surface area contributed by atoms with Crippen LogP contribution < -0.4 is 15.8 Å². The van der Waals surface area contributed by atoms with Crippen molar-refractivity contribution in [3.05, 3.63) is 93.4 Å². The number of guanidine groups is 1. The van der Waals surface area contributed by atoms with Crippen LogP contribution in [-0.4, -0.2) is 28.0 Å². The first-order chi connectivity index (χ1) is 16.4. The molecule has 178 valence electrons. The zero-order valence-electron chi connectivity index (χ0n) is 18.4. The highest BCUT2D eigenvalue weighted by Crippen LogP contribution is 2.29. The lowest BCUT2D eigenvalue weighted by Gasteiger charge is -2.09. The highest BCUT2D eigenvalue weighted by Gasteiger charge is 2.12. The zero-order valence-corrected chi connectivity index (χ0v) is 20.8. The third kappa shape index (κ3) is 6.52. The number of aliphatic imine (C=N–C) groups is 1. The number of methoxy groups -OCH3 is 1. The van der Waals surface area contributed by atoms with E-state index in [-0.39, 0.29) is 30.0 Å². The lowest BCUT2D eigenvalue weighted by molar-refractivity contribution is -0.384. The van der Waals surface area contributed by atoms with Gasteiger partial charge in [-0.3, -0.25) is 10.1 Å². The fraction of sp³-hybridized carbons (Fsp3) is 0.0417. The lowest BCUT2D eigenvalue weighted by Crippen LogP contribution is -2.22. The Hall–Kier alpha value is -4.02. The van der Waals surface area contributed by atoms with E-state index in [9.17, 15) is 10.1 Å². The Morgan fingerprint density at radius 1 is 1.00 bits per heavy atom. The van der Waals surface area contributed by atoms with Crippen molar-refractivity contribution in [2.24, 2.45) is 10.7 Å². The molecule has 0 unspecified atom stereocenters. The Kier molecular flexibility index (Phi) is 8.34. The lowest BCUT2D eigenvalue weighted by atomic mass is 10.1. The van der Waals surface area contributed by atoms with Crippen LogP contribution in [0.2, 0.25) is 0 Å². The number of nitro benzene ring substituents is 1. The quantitative estimate of drug-likeness (QED) is 0.130. The van der Waals surface area contributed by atoms with Gasteiger partial charge in [0.15, 0.2) is 0 Å². The summed E-state index contributed by atoms with van der Waals surface area (Å²) in [6.45, 7) is 0. The van der Waals surface area contributed by atoms with Gasteiger partial charge in [-0.25, -0.2) is 9.97 Å². The van der Waals surface area contributed by atoms with Gasteiger partial charge in [-0.2, -0.15) is 4.99 Å². The molecule has 11 heteroatoms. The summed E-state index contributed by atoms with van der Waals surface area (Å²) in [6, 6.07) is 22.7. The maximum atomic E-state index is 11.3. The van der Waals surface area contributed by atoms with E-state index in [2.05, 4.69) is 36.2 Å². The summed E-state index contributed by atoms with van der Waals surface area (Å²) in [5.41, 5.74) is 9.21. The van der Waals surface area contributed by atoms with Gasteiger partial charge in [-0.05, 0) is 54.6 Å². The van der Waals surface area contributed by atoms with Gasteiger partial charge in [-0.1, -0.05) is 28.1 Å². The standard InChI is InChI=1S/C24H19BrN6O3.ClH/c1-34-20-11-5-15(6-12-20)21-14-22(16-3-2-4-19(13-16)31(32)33)29-24(28-21)30-23(26)27-18-9-7-17(25)8-10-18;/h2-14H,1H3,(H3,26,27,28,29,30);1H. The third-order valence-electron chi connectivity index (χ3n) is 4.79. The number of benzene rings is 3. The number of nitrogens with zero attached hydrogens (tertiary/aromatic N) is 4. The molecule has 9 nitrogen and oxygen atoms in total. The molecule has 4 aromatic rings. The van der Waals surface area contributed by atoms with Crippen molar-refractivity contribution in [1.82, 2.24) is 9.97 Å². The molecule has 3 N–H and O–H groups in total. The van der Waals surface area contributed by atoms with Gasteiger partial charge < -0.3 is 15.8 Å². The minimum atomic E-state index is -0.450. The van der Waals surface area contributed by atoms with Crippen molar-refractivity contribution in [2.75, 3.05) is 12.4 Å². The molecule has 0 radical (unpaired) electrons. The van der Waals surface area contributed by atoms with Crippen LogP contribution in [0.1, 0.15) is 0 Å². The molecule has 0 amide bonds. The molecule has 35 heavy (non-hydrogen) atoms. The average molecular weight is 556 g/mol. The SMILES string of the molecule is COc1ccc(-c2cc(-c3cccc([N+](=O)[O-])c3)nc(N=C(N)Nc3ccc(Br)cc3)n2)cc1.Cl. The molecule has 0 saturated heterocycles. The summed E-state index contributed by atoms with van der Waals surface area (Å²) < 4.78 is 6.16. The van der Waals surface area contributed by atoms with Crippen LogP contribution in [0.15, 0.2) is 88.3 Å². The number of hydrogen-bond donors (Lipinski definition) is 2. The number of nitro groups is 1. The molecule has 0 bridgehead atoms. The van der Waals surface area contributed by atoms with Gasteiger partial charge in [0.25, 0.3) is 11.6 Å². The zero-order chi connectivity index (χ0) is 24.1. The Balaban J connectivity index is 0.00000342. The number of hydrogen-bond acceptors (Lipinski definition) is 6. The van der Waals surface area contributed by atoms with Crippen molar-refractivity contribution in [3.63, 3.8) is 0 Å².